The number of methoxy groups -OCH3 is 1. The molecule has 0 fully saturated rings. The molecule has 0 bridgehead atoms. The molecule has 1 unspecified atom stereocenters. The average Bonchev–Trinajstić information content (AvgIpc) is 2.45. The van der Waals surface area contributed by atoms with E-state index in [1.807, 2.05) is 19.1 Å². The Morgan fingerprint density at radius 1 is 1.37 bits per heavy atom. The van der Waals surface area contributed by atoms with Gasteiger partial charge in [-0.15, -0.1) is 0 Å². The highest BCUT2D eigenvalue weighted by Gasteiger charge is 2.12. The van der Waals surface area contributed by atoms with E-state index in [2.05, 4.69) is 5.32 Å². The zero-order valence-corrected chi connectivity index (χ0v) is 11.5. The lowest BCUT2D eigenvalue weighted by molar-refractivity contribution is 0.0941. The second-order valence-corrected chi connectivity index (χ2v) is 4.39. The number of ether oxygens (including phenoxy) is 2. The number of amides is 1. The van der Waals surface area contributed by atoms with Crippen LogP contribution in [0.3, 0.4) is 0 Å². The summed E-state index contributed by atoms with van der Waals surface area (Å²) in [6.07, 6.45) is 0. The summed E-state index contributed by atoms with van der Waals surface area (Å²) in [4.78, 5) is 12.1. The quantitative estimate of drug-likeness (QED) is 0.689. The molecule has 0 aromatic heterocycles. The molecule has 5 nitrogen and oxygen atoms in total. The number of hydrogen-bond acceptors (Lipinski definition) is 4. The van der Waals surface area contributed by atoms with Crippen LogP contribution in [-0.4, -0.2) is 39.3 Å². The molecule has 1 aromatic carbocycles. The fraction of sp³-hybridized carbons (Fsp3) is 0.500. The maximum Gasteiger partial charge on any atom is 0.255 e. The van der Waals surface area contributed by atoms with Crippen molar-refractivity contribution in [1.82, 2.24) is 5.32 Å². The van der Waals surface area contributed by atoms with Gasteiger partial charge in [0, 0.05) is 13.7 Å². The molecule has 106 valence electrons. The molecule has 0 aliphatic heterocycles. The van der Waals surface area contributed by atoms with Crippen LogP contribution in [0.25, 0.3) is 0 Å². The zero-order chi connectivity index (χ0) is 14.1. The lowest BCUT2D eigenvalue weighted by Crippen LogP contribution is -2.31. The molecule has 5 heteroatoms. The highest BCUT2D eigenvalue weighted by molar-refractivity contribution is 5.96. The highest BCUT2D eigenvalue weighted by Crippen LogP contribution is 2.17. The lowest BCUT2D eigenvalue weighted by Gasteiger charge is -2.13. The molecule has 0 radical (unpaired) electrons. The van der Waals surface area contributed by atoms with Gasteiger partial charge in [0.25, 0.3) is 5.91 Å². The van der Waals surface area contributed by atoms with Crippen molar-refractivity contribution in [2.45, 2.75) is 6.92 Å². The molecule has 0 saturated carbocycles. The number of nitrogens with two attached hydrogens (primary N) is 1. The molecule has 0 aliphatic carbocycles. The van der Waals surface area contributed by atoms with E-state index in [1.54, 1.807) is 19.2 Å². The van der Waals surface area contributed by atoms with Crippen LogP contribution in [0.1, 0.15) is 17.3 Å². The van der Waals surface area contributed by atoms with Crippen LogP contribution < -0.4 is 15.8 Å². The Morgan fingerprint density at radius 2 is 2.11 bits per heavy atom. The molecule has 0 heterocycles. The Balaban J connectivity index is 2.62. The summed E-state index contributed by atoms with van der Waals surface area (Å²) in [6.45, 7) is 4.00. The van der Waals surface area contributed by atoms with Gasteiger partial charge in [0.1, 0.15) is 12.4 Å². The van der Waals surface area contributed by atoms with Gasteiger partial charge in [-0.05, 0) is 24.6 Å². The maximum atomic E-state index is 12.1. The van der Waals surface area contributed by atoms with E-state index in [-0.39, 0.29) is 11.8 Å². The molecule has 0 aliphatic rings. The predicted octanol–water partition coefficient (Wildman–Crippen LogP) is 1.04. The highest BCUT2D eigenvalue weighted by atomic mass is 16.5. The number of para-hydroxylation sites is 1. The third kappa shape index (κ3) is 5.28. The van der Waals surface area contributed by atoms with E-state index in [9.17, 15) is 4.79 Å². The summed E-state index contributed by atoms with van der Waals surface area (Å²) in [7, 11) is 1.61. The van der Waals surface area contributed by atoms with E-state index in [0.717, 1.165) is 0 Å². The molecular weight excluding hydrogens is 244 g/mol. The van der Waals surface area contributed by atoms with Crippen LogP contribution in [0, 0.1) is 5.92 Å². The molecule has 1 rings (SSSR count). The molecule has 3 N–H and O–H groups in total. The first kappa shape index (κ1) is 15.5. The molecular formula is C14H22N2O3. The Kier molecular flexibility index (Phi) is 6.92. The van der Waals surface area contributed by atoms with Crippen molar-refractivity contribution in [2.24, 2.45) is 11.7 Å². The summed E-state index contributed by atoms with van der Waals surface area (Å²) in [5.74, 6) is 0.677. The third-order valence-electron chi connectivity index (χ3n) is 2.69. The van der Waals surface area contributed by atoms with Crippen molar-refractivity contribution < 1.29 is 14.3 Å². The summed E-state index contributed by atoms with van der Waals surface area (Å²) < 4.78 is 10.4. The van der Waals surface area contributed by atoms with Crippen molar-refractivity contribution >= 4 is 5.91 Å². The van der Waals surface area contributed by atoms with Crippen molar-refractivity contribution in [3.63, 3.8) is 0 Å². The zero-order valence-electron chi connectivity index (χ0n) is 11.5. The fourth-order valence-electron chi connectivity index (χ4n) is 1.46. The predicted molar refractivity (Wildman–Crippen MR) is 74.4 cm³/mol. The number of hydrogen-bond donors (Lipinski definition) is 2. The normalized spacial score (nSPS) is 11.9. The topological polar surface area (TPSA) is 73.6 Å². The number of rotatable bonds is 8. The van der Waals surface area contributed by atoms with Gasteiger partial charge in [-0.3, -0.25) is 4.79 Å². The Morgan fingerprint density at radius 3 is 2.79 bits per heavy atom. The van der Waals surface area contributed by atoms with Gasteiger partial charge in [0.05, 0.1) is 12.2 Å². The van der Waals surface area contributed by atoms with E-state index in [0.29, 0.717) is 37.6 Å². The van der Waals surface area contributed by atoms with Crippen LogP contribution in [-0.2, 0) is 4.74 Å². The minimum absolute atomic E-state index is 0.145. The van der Waals surface area contributed by atoms with Crippen LogP contribution in [0.15, 0.2) is 24.3 Å². The van der Waals surface area contributed by atoms with Crippen molar-refractivity contribution in [2.75, 3.05) is 33.4 Å². The van der Waals surface area contributed by atoms with E-state index >= 15 is 0 Å². The molecule has 1 amide bonds. The smallest absolute Gasteiger partial charge is 0.255 e. The largest absolute Gasteiger partial charge is 0.490 e. The first-order valence-corrected chi connectivity index (χ1v) is 6.38. The Hall–Kier alpha value is -1.59. The number of carbonyl (C=O) groups excluding carboxylic acids is 1. The summed E-state index contributed by atoms with van der Waals surface area (Å²) in [6, 6.07) is 7.16. The van der Waals surface area contributed by atoms with E-state index < -0.39 is 0 Å². The minimum Gasteiger partial charge on any atom is -0.490 e. The maximum absolute atomic E-state index is 12.1. The average molecular weight is 266 g/mol. The standard InChI is InChI=1S/C14H22N2O3/c1-11(9-15)10-16-14(17)12-5-3-4-6-13(12)19-8-7-18-2/h3-6,11H,7-10,15H2,1-2H3,(H,16,17). The van der Waals surface area contributed by atoms with Gasteiger partial charge in [-0.1, -0.05) is 19.1 Å². The number of nitrogens with one attached hydrogen (secondary N) is 1. The fourth-order valence-corrected chi connectivity index (χ4v) is 1.46. The Bertz CT molecular complexity index is 396. The van der Waals surface area contributed by atoms with Gasteiger partial charge in [0.15, 0.2) is 0 Å². The number of carbonyl (C=O) groups is 1. The number of benzene rings is 1. The summed E-state index contributed by atoms with van der Waals surface area (Å²) in [5, 5.41) is 2.85. The molecule has 1 aromatic rings. The summed E-state index contributed by atoms with van der Waals surface area (Å²) in [5.41, 5.74) is 6.05. The van der Waals surface area contributed by atoms with Crippen LogP contribution >= 0.6 is 0 Å². The van der Waals surface area contributed by atoms with Crippen LogP contribution in [0.5, 0.6) is 5.75 Å². The van der Waals surface area contributed by atoms with Crippen molar-refractivity contribution in [3.05, 3.63) is 29.8 Å². The van der Waals surface area contributed by atoms with Gasteiger partial charge >= 0.3 is 0 Å². The van der Waals surface area contributed by atoms with Crippen LogP contribution in [0.4, 0.5) is 0 Å². The Labute approximate surface area is 114 Å². The van der Waals surface area contributed by atoms with Crippen molar-refractivity contribution in [1.29, 1.82) is 0 Å². The van der Waals surface area contributed by atoms with E-state index in [1.165, 1.54) is 0 Å². The molecule has 1 atom stereocenters. The van der Waals surface area contributed by atoms with Gasteiger partial charge in [-0.25, -0.2) is 0 Å². The van der Waals surface area contributed by atoms with Crippen LogP contribution in [0.2, 0.25) is 0 Å². The first-order valence-electron chi connectivity index (χ1n) is 6.38. The lowest BCUT2D eigenvalue weighted by atomic mass is 10.1. The van der Waals surface area contributed by atoms with Gasteiger partial charge < -0.3 is 20.5 Å². The second-order valence-electron chi connectivity index (χ2n) is 4.39. The minimum atomic E-state index is -0.145. The van der Waals surface area contributed by atoms with Gasteiger partial charge in [0.2, 0.25) is 0 Å². The SMILES string of the molecule is COCCOc1ccccc1C(=O)NCC(C)CN. The van der Waals surface area contributed by atoms with E-state index in [4.69, 9.17) is 15.2 Å². The molecule has 0 spiro atoms. The molecule has 19 heavy (non-hydrogen) atoms. The third-order valence-corrected chi connectivity index (χ3v) is 2.69. The van der Waals surface area contributed by atoms with Crippen molar-refractivity contribution in [3.8, 4) is 5.75 Å². The monoisotopic (exact) mass is 266 g/mol. The summed E-state index contributed by atoms with van der Waals surface area (Å²) >= 11 is 0. The molecule has 0 saturated heterocycles. The second kappa shape index (κ2) is 8.50. The van der Waals surface area contributed by atoms with Gasteiger partial charge in [-0.2, -0.15) is 0 Å². The first-order chi connectivity index (χ1) is 9.19.